The molecule has 0 spiro atoms. The van der Waals surface area contributed by atoms with Crippen LogP contribution < -0.4 is 5.32 Å². The fourth-order valence-corrected chi connectivity index (χ4v) is 2.62. The van der Waals surface area contributed by atoms with Gasteiger partial charge in [0.1, 0.15) is 0 Å². The number of carboxylic acids is 1. The summed E-state index contributed by atoms with van der Waals surface area (Å²) in [5.41, 5.74) is 0.799. The van der Waals surface area contributed by atoms with Crippen molar-refractivity contribution < 1.29 is 27.9 Å². The number of amides is 1. The molecule has 0 saturated carbocycles. The third-order valence-corrected chi connectivity index (χ3v) is 3.51. The molecule has 0 aliphatic carbocycles. The number of carbonyl (C=O) groups is 2. The summed E-state index contributed by atoms with van der Waals surface area (Å²) < 4.78 is 36.7. The molecule has 0 fully saturated rings. The normalized spacial score (nSPS) is 11.2. The molecule has 2 N–H and O–H groups in total. The lowest BCUT2D eigenvalue weighted by Crippen LogP contribution is -2.29. The van der Waals surface area contributed by atoms with E-state index in [-0.39, 0.29) is 15.7 Å². The van der Waals surface area contributed by atoms with Gasteiger partial charge in [0, 0.05) is 10.4 Å². The van der Waals surface area contributed by atoms with Crippen LogP contribution in [0.2, 0.25) is 0 Å². The zero-order valence-electron chi connectivity index (χ0n) is 10.8. The average molecular weight is 330 g/mol. The predicted octanol–water partition coefficient (Wildman–Crippen LogP) is 2.94. The Balaban J connectivity index is 2.36. The number of carbonyl (C=O) groups excluding carboxylic acids is 1. The lowest BCUT2D eigenvalue weighted by Gasteiger charge is -2.04. The van der Waals surface area contributed by atoms with Crippen LogP contribution in [0.1, 0.15) is 4.88 Å². The summed E-state index contributed by atoms with van der Waals surface area (Å²) in [6.07, 6.45) is -5.44. The van der Waals surface area contributed by atoms with E-state index >= 15 is 0 Å². The lowest BCUT2D eigenvalue weighted by molar-refractivity contribution is -0.167. The van der Waals surface area contributed by atoms with Gasteiger partial charge in [-0.05, 0) is 0 Å². The summed E-state index contributed by atoms with van der Waals surface area (Å²) >= 11 is 0.703. The lowest BCUT2D eigenvalue weighted by atomic mass is 10.1. The number of alkyl halides is 3. The Hall–Kier alpha value is -2.42. The minimum atomic E-state index is -5.04. The van der Waals surface area contributed by atoms with Crippen LogP contribution in [0.4, 0.5) is 18.3 Å². The van der Waals surface area contributed by atoms with Gasteiger partial charge in [-0.1, -0.05) is 30.3 Å². The molecule has 2 aromatic rings. The van der Waals surface area contributed by atoms with Gasteiger partial charge >= 0.3 is 18.1 Å². The fraction of sp³-hybridized carbons (Fsp3) is 0.154. The minimum Gasteiger partial charge on any atom is -0.481 e. The van der Waals surface area contributed by atoms with Crippen molar-refractivity contribution in [2.75, 3.05) is 5.32 Å². The minimum absolute atomic E-state index is 0.241. The number of thiazole rings is 1. The van der Waals surface area contributed by atoms with E-state index in [4.69, 9.17) is 5.11 Å². The van der Waals surface area contributed by atoms with Gasteiger partial charge in [-0.25, -0.2) is 4.98 Å². The molecule has 22 heavy (non-hydrogen) atoms. The van der Waals surface area contributed by atoms with Crippen molar-refractivity contribution in [1.82, 2.24) is 4.98 Å². The van der Waals surface area contributed by atoms with E-state index < -0.39 is 24.5 Å². The van der Waals surface area contributed by atoms with Crippen molar-refractivity contribution in [2.24, 2.45) is 0 Å². The SMILES string of the molecule is O=C(O)Cc1sc(NC(=O)C(F)(F)F)nc1-c1ccccc1. The number of anilines is 1. The van der Waals surface area contributed by atoms with Gasteiger partial charge in [-0.3, -0.25) is 14.9 Å². The Kier molecular flexibility index (Phi) is 4.45. The summed E-state index contributed by atoms with van der Waals surface area (Å²) in [5, 5.41) is 10.2. The molecule has 1 amide bonds. The standard InChI is InChI=1S/C13H9F3N2O3S/c14-13(15,16)11(21)18-12-17-10(7-4-2-1-3-5-7)8(22-12)6-9(19)20/h1-5H,6H2,(H,19,20)(H,17,18,21). The van der Waals surface area contributed by atoms with Gasteiger partial charge in [-0.15, -0.1) is 11.3 Å². The van der Waals surface area contributed by atoms with Crippen LogP contribution >= 0.6 is 11.3 Å². The predicted molar refractivity (Wildman–Crippen MR) is 73.6 cm³/mol. The van der Waals surface area contributed by atoms with E-state index in [1.54, 1.807) is 35.6 Å². The van der Waals surface area contributed by atoms with Crippen LogP contribution in [0.5, 0.6) is 0 Å². The summed E-state index contributed by atoms with van der Waals surface area (Å²) in [5.74, 6) is -3.29. The zero-order chi connectivity index (χ0) is 16.3. The maximum absolute atomic E-state index is 12.2. The molecule has 9 heteroatoms. The number of nitrogens with zero attached hydrogens (tertiary/aromatic N) is 1. The Morgan fingerprint density at radius 1 is 1.23 bits per heavy atom. The molecule has 0 aliphatic heterocycles. The molecule has 2 rings (SSSR count). The number of carboxylic acid groups (broad SMARTS) is 1. The molecule has 1 aromatic carbocycles. The molecule has 1 heterocycles. The van der Waals surface area contributed by atoms with Crippen molar-refractivity contribution in [2.45, 2.75) is 12.6 Å². The third-order valence-electron chi connectivity index (χ3n) is 2.53. The van der Waals surface area contributed by atoms with Crippen molar-refractivity contribution >= 4 is 28.3 Å². The zero-order valence-corrected chi connectivity index (χ0v) is 11.7. The summed E-state index contributed by atoms with van der Waals surface area (Å²) in [6, 6.07) is 8.41. The number of hydrogen-bond donors (Lipinski definition) is 2. The smallest absolute Gasteiger partial charge is 0.471 e. The van der Waals surface area contributed by atoms with Crippen LogP contribution in [-0.4, -0.2) is 28.1 Å². The van der Waals surface area contributed by atoms with Gasteiger partial charge < -0.3 is 5.11 Å². The second kappa shape index (κ2) is 6.14. The number of benzene rings is 1. The number of rotatable bonds is 4. The second-order valence-corrected chi connectivity index (χ2v) is 5.26. The Bertz CT molecular complexity index is 698. The van der Waals surface area contributed by atoms with Crippen molar-refractivity contribution in [3.63, 3.8) is 0 Å². The number of aromatic nitrogens is 1. The highest BCUT2D eigenvalue weighted by molar-refractivity contribution is 7.16. The van der Waals surface area contributed by atoms with Gasteiger partial charge in [0.05, 0.1) is 12.1 Å². The highest BCUT2D eigenvalue weighted by Crippen LogP contribution is 2.32. The van der Waals surface area contributed by atoms with Crippen LogP contribution in [0.3, 0.4) is 0 Å². The highest BCUT2D eigenvalue weighted by atomic mass is 32.1. The maximum atomic E-state index is 12.2. The molecule has 116 valence electrons. The van der Waals surface area contributed by atoms with Gasteiger partial charge in [-0.2, -0.15) is 13.2 Å². The number of hydrogen-bond acceptors (Lipinski definition) is 4. The van der Waals surface area contributed by atoms with Gasteiger partial charge in [0.25, 0.3) is 0 Å². The summed E-state index contributed by atoms with van der Waals surface area (Å²) in [4.78, 5) is 26.0. The number of halogens is 3. The Morgan fingerprint density at radius 3 is 2.41 bits per heavy atom. The first-order valence-corrected chi connectivity index (χ1v) is 6.74. The highest BCUT2D eigenvalue weighted by Gasteiger charge is 2.39. The maximum Gasteiger partial charge on any atom is 0.471 e. The quantitative estimate of drug-likeness (QED) is 0.903. The first-order valence-electron chi connectivity index (χ1n) is 5.92. The van der Waals surface area contributed by atoms with E-state index in [2.05, 4.69) is 4.98 Å². The summed E-state index contributed by atoms with van der Waals surface area (Å²) in [6.45, 7) is 0. The molecule has 0 unspecified atom stereocenters. The largest absolute Gasteiger partial charge is 0.481 e. The topological polar surface area (TPSA) is 79.3 Å². The molecular formula is C13H9F3N2O3S. The van der Waals surface area contributed by atoms with Crippen molar-refractivity contribution in [3.05, 3.63) is 35.2 Å². The molecule has 1 aromatic heterocycles. The molecular weight excluding hydrogens is 321 g/mol. The van der Waals surface area contributed by atoms with E-state index in [9.17, 15) is 22.8 Å². The monoisotopic (exact) mass is 330 g/mol. The third kappa shape index (κ3) is 3.82. The van der Waals surface area contributed by atoms with Crippen LogP contribution in [0.25, 0.3) is 11.3 Å². The fourth-order valence-electron chi connectivity index (χ4n) is 1.65. The first-order chi connectivity index (χ1) is 10.3. The van der Waals surface area contributed by atoms with Crippen LogP contribution in [0, 0.1) is 0 Å². The van der Waals surface area contributed by atoms with E-state index in [1.807, 2.05) is 0 Å². The van der Waals surface area contributed by atoms with E-state index in [0.29, 0.717) is 16.9 Å². The Morgan fingerprint density at radius 2 is 1.86 bits per heavy atom. The van der Waals surface area contributed by atoms with E-state index in [0.717, 1.165) is 0 Å². The number of aliphatic carboxylic acids is 1. The molecule has 0 aliphatic rings. The average Bonchev–Trinajstić information content (AvgIpc) is 2.80. The molecule has 0 bridgehead atoms. The van der Waals surface area contributed by atoms with E-state index in [1.165, 1.54) is 0 Å². The first kappa shape index (κ1) is 16.0. The Labute approximate surface area is 126 Å². The molecule has 0 atom stereocenters. The van der Waals surface area contributed by atoms with Crippen molar-refractivity contribution in [3.8, 4) is 11.3 Å². The van der Waals surface area contributed by atoms with Gasteiger partial charge in [0.15, 0.2) is 5.13 Å². The summed E-state index contributed by atoms with van der Waals surface area (Å²) in [7, 11) is 0. The second-order valence-electron chi connectivity index (χ2n) is 4.18. The van der Waals surface area contributed by atoms with Crippen molar-refractivity contribution in [1.29, 1.82) is 0 Å². The number of nitrogens with one attached hydrogen (secondary N) is 1. The molecule has 0 radical (unpaired) electrons. The van der Waals surface area contributed by atoms with Crippen LogP contribution in [0.15, 0.2) is 30.3 Å². The molecule has 5 nitrogen and oxygen atoms in total. The van der Waals surface area contributed by atoms with Gasteiger partial charge in [0.2, 0.25) is 0 Å². The van der Waals surface area contributed by atoms with Crippen LogP contribution in [-0.2, 0) is 16.0 Å². The molecule has 0 saturated heterocycles.